The van der Waals surface area contributed by atoms with Crippen molar-refractivity contribution in [2.24, 2.45) is 0 Å². The average molecular weight is 216 g/mol. The van der Waals surface area contributed by atoms with Gasteiger partial charge in [-0.25, -0.2) is 0 Å². The minimum absolute atomic E-state index is 0.0526. The molecule has 1 N–H and O–H groups in total. The summed E-state index contributed by atoms with van der Waals surface area (Å²) in [6.45, 7) is 0. The lowest BCUT2D eigenvalue weighted by Gasteiger charge is -2.15. The van der Waals surface area contributed by atoms with E-state index in [2.05, 4.69) is 0 Å². The molecule has 15 heavy (non-hydrogen) atoms. The number of halogens is 3. The molecule has 0 saturated heterocycles. The summed E-state index contributed by atoms with van der Waals surface area (Å²) < 4.78 is 36.7. The van der Waals surface area contributed by atoms with Gasteiger partial charge < -0.3 is 5.11 Å². The Kier molecular flexibility index (Phi) is 2.46. The largest absolute Gasteiger partial charge is 0.418 e. The minimum Gasteiger partial charge on any atom is -0.379 e. The fourth-order valence-corrected chi connectivity index (χ4v) is 1.95. The topological polar surface area (TPSA) is 20.2 Å². The molecular weight excluding hydrogens is 205 g/mol. The van der Waals surface area contributed by atoms with Gasteiger partial charge in [0.15, 0.2) is 6.10 Å². The maximum Gasteiger partial charge on any atom is 0.418 e. The van der Waals surface area contributed by atoms with Crippen LogP contribution < -0.4 is 0 Å². The molecule has 1 atom stereocenters. The molecule has 0 aromatic heterocycles. The molecular formula is C11H11F3O. The second-order valence-corrected chi connectivity index (χ2v) is 3.83. The zero-order valence-electron chi connectivity index (χ0n) is 8.01. The van der Waals surface area contributed by atoms with Gasteiger partial charge >= 0.3 is 6.18 Å². The molecule has 1 aliphatic rings. The molecule has 82 valence electrons. The first-order valence-electron chi connectivity index (χ1n) is 4.85. The van der Waals surface area contributed by atoms with Gasteiger partial charge in [0.2, 0.25) is 0 Å². The summed E-state index contributed by atoms with van der Waals surface area (Å²) in [5, 5.41) is 9.06. The van der Waals surface area contributed by atoms with Crippen LogP contribution in [-0.2, 0) is 12.8 Å². The predicted octanol–water partition coefficient (Wildman–Crippen LogP) is 2.77. The van der Waals surface area contributed by atoms with E-state index in [0.717, 1.165) is 30.4 Å². The van der Waals surface area contributed by atoms with Gasteiger partial charge in [0, 0.05) is 0 Å². The van der Waals surface area contributed by atoms with Gasteiger partial charge in [-0.1, -0.05) is 18.2 Å². The summed E-state index contributed by atoms with van der Waals surface area (Å²) in [5.41, 5.74) is 1.99. The van der Waals surface area contributed by atoms with E-state index < -0.39 is 12.3 Å². The van der Waals surface area contributed by atoms with E-state index in [-0.39, 0.29) is 5.56 Å². The van der Waals surface area contributed by atoms with Crippen LogP contribution in [0.5, 0.6) is 0 Å². The SMILES string of the molecule is O[C@@H](c1ccc2c(c1)CCC2)C(F)(F)F. The molecule has 0 bridgehead atoms. The van der Waals surface area contributed by atoms with Crippen LogP contribution in [0.1, 0.15) is 29.2 Å². The van der Waals surface area contributed by atoms with Crippen molar-refractivity contribution in [3.8, 4) is 0 Å². The van der Waals surface area contributed by atoms with Gasteiger partial charge in [-0.2, -0.15) is 13.2 Å². The standard InChI is InChI=1S/C11H11F3O/c12-11(13,14)10(15)9-5-4-7-2-1-3-8(7)6-9/h4-6,10,15H,1-3H2/t10-/m0/s1. The molecule has 1 aromatic rings. The number of fused-ring (bicyclic) bond motifs is 1. The Morgan fingerprint density at radius 3 is 2.47 bits per heavy atom. The highest BCUT2D eigenvalue weighted by atomic mass is 19.4. The Morgan fingerprint density at radius 1 is 1.13 bits per heavy atom. The van der Waals surface area contributed by atoms with Crippen LogP contribution in [0.4, 0.5) is 13.2 Å². The van der Waals surface area contributed by atoms with Crippen LogP contribution in [0, 0.1) is 0 Å². The Bertz CT molecular complexity index is 371. The van der Waals surface area contributed by atoms with Crippen LogP contribution in [0.25, 0.3) is 0 Å². The number of rotatable bonds is 1. The number of hydrogen-bond donors (Lipinski definition) is 1. The first kappa shape index (κ1) is 10.5. The molecule has 0 amide bonds. The van der Waals surface area contributed by atoms with Gasteiger partial charge in [-0.15, -0.1) is 0 Å². The molecule has 0 unspecified atom stereocenters. The Balaban J connectivity index is 2.31. The first-order chi connectivity index (χ1) is 6.98. The molecule has 0 aliphatic heterocycles. The highest BCUT2D eigenvalue weighted by molar-refractivity contribution is 5.36. The molecule has 0 heterocycles. The summed E-state index contributed by atoms with van der Waals surface area (Å²) in [7, 11) is 0. The lowest BCUT2D eigenvalue weighted by molar-refractivity contribution is -0.206. The zero-order chi connectivity index (χ0) is 11.1. The number of aryl methyl sites for hydroxylation is 2. The maximum atomic E-state index is 12.2. The highest BCUT2D eigenvalue weighted by Crippen LogP contribution is 2.34. The van der Waals surface area contributed by atoms with E-state index in [1.165, 1.54) is 12.1 Å². The van der Waals surface area contributed by atoms with E-state index in [4.69, 9.17) is 5.11 Å². The molecule has 0 fully saturated rings. The van der Waals surface area contributed by atoms with Crippen LogP contribution in [0.2, 0.25) is 0 Å². The third kappa shape index (κ3) is 2.00. The fraction of sp³-hybridized carbons (Fsp3) is 0.455. The second kappa shape index (κ2) is 3.52. The smallest absolute Gasteiger partial charge is 0.379 e. The lowest BCUT2D eigenvalue weighted by Crippen LogP contribution is -2.20. The number of aliphatic hydroxyl groups is 1. The van der Waals surface area contributed by atoms with Gasteiger partial charge in [-0.05, 0) is 36.0 Å². The van der Waals surface area contributed by atoms with E-state index in [1.807, 2.05) is 0 Å². The summed E-state index contributed by atoms with van der Waals surface area (Å²) in [5.74, 6) is 0. The van der Waals surface area contributed by atoms with Crippen molar-refractivity contribution in [3.05, 3.63) is 34.9 Å². The van der Waals surface area contributed by atoms with E-state index in [9.17, 15) is 13.2 Å². The molecule has 2 rings (SSSR count). The number of aliphatic hydroxyl groups excluding tert-OH is 1. The number of hydrogen-bond acceptors (Lipinski definition) is 1. The lowest BCUT2D eigenvalue weighted by atomic mass is 10.0. The zero-order valence-corrected chi connectivity index (χ0v) is 8.01. The van der Waals surface area contributed by atoms with Crippen molar-refractivity contribution in [2.75, 3.05) is 0 Å². The molecule has 0 radical (unpaired) electrons. The summed E-state index contributed by atoms with van der Waals surface area (Å²) in [6.07, 6.45) is -4.21. The molecule has 1 nitrogen and oxygen atoms in total. The van der Waals surface area contributed by atoms with E-state index >= 15 is 0 Å². The Labute approximate surface area is 85.5 Å². The summed E-state index contributed by atoms with van der Waals surface area (Å²) in [6, 6.07) is 4.52. The van der Waals surface area contributed by atoms with Crippen molar-refractivity contribution >= 4 is 0 Å². The normalized spacial score (nSPS) is 17.6. The Hall–Kier alpha value is -1.03. The van der Waals surface area contributed by atoms with Crippen molar-refractivity contribution in [3.63, 3.8) is 0 Å². The molecule has 0 spiro atoms. The molecule has 0 saturated carbocycles. The van der Waals surface area contributed by atoms with Crippen molar-refractivity contribution < 1.29 is 18.3 Å². The monoisotopic (exact) mass is 216 g/mol. The summed E-state index contributed by atoms with van der Waals surface area (Å²) in [4.78, 5) is 0. The number of benzene rings is 1. The van der Waals surface area contributed by atoms with Crippen LogP contribution in [0.15, 0.2) is 18.2 Å². The minimum atomic E-state index is -4.58. The van der Waals surface area contributed by atoms with Crippen LogP contribution >= 0.6 is 0 Å². The Morgan fingerprint density at radius 2 is 1.80 bits per heavy atom. The van der Waals surface area contributed by atoms with Crippen molar-refractivity contribution in [1.29, 1.82) is 0 Å². The fourth-order valence-electron chi connectivity index (χ4n) is 1.95. The average Bonchev–Trinajstić information content (AvgIpc) is 2.61. The van der Waals surface area contributed by atoms with Crippen LogP contribution in [0.3, 0.4) is 0 Å². The van der Waals surface area contributed by atoms with Gasteiger partial charge in [0.25, 0.3) is 0 Å². The van der Waals surface area contributed by atoms with E-state index in [0.29, 0.717) is 0 Å². The summed E-state index contributed by atoms with van der Waals surface area (Å²) >= 11 is 0. The third-order valence-electron chi connectivity index (χ3n) is 2.75. The van der Waals surface area contributed by atoms with E-state index in [1.54, 1.807) is 6.07 Å². The first-order valence-corrected chi connectivity index (χ1v) is 4.85. The highest BCUT2D eigenvalue weighted by Gasteiger charge is 2.39. The third-order valence-corrected chi connectivity index (χ3v) is 2.75. The predicted molar refractivity (Wildman–Crippen MR) is 49.5 cm³/mol. The van der Waals surface area contributed by atoms with Crippen LogP contribution in [-0.4, -0.2) is 11.3 Å². The quantitative estimate of drug-likeness (QED) is 0.765. The molecule has 1 aromatic carbocycles. The van der Waals surface area contributed by atoms with Gasteiger partial charge in [0.1, 0.15) is 0 Å². The number of alkyl halides is 3. The second-order valence-electron chi connectivity index (χ2n) is 3.83. The van der Waals surface area contributed by atoms with Gasteiger partial charge in [-0.3, -0.25) is 0 Å². The van der Waals surface area contributed by atoms with Crippen molar-refractivity contribution in [2.45, 2.75) is 31.5 Å². The van der Waals surface area contributed by atoms with Crippen molar-refractivity contribution in [1.82, 2.24) is 0 Å². The van der Waals surface area contributed by atoms with Gasteiger partial charge in [0.05, 0.1) is 0 Å². The molecule has 4 heteroatoms. The molecule has 1 aliphatic carbocycles. The maximum absolute atomic E-state index is 12.2.